The van der Waals surface area contributed by atoms with Crippen molar-refractivity contribution in [3.63, 3.8) is 0 Å². The van der Waals surface area contributed by atoms with Crippen LogP contribution in [0.4, 0.5) is 11.4 Å². The highest BCUT2D eigenvalue weighted by molar-refractivity contribution is 6.12. The average Bonchev–Trinajstić information content (AvgIpc) is 3.70. The Morgan fingerprint density at radius 1 is 0.560 bits per heavy atom. The van der Waals surface area contributed by atoms with Crippen molar-refractivity contribution in [3.8, 4) is 46.1 Å². The summed E-state index contributed by atoms with van der Waals surface area (Å²) in [6.07, 6.45) is 8.86. The molecule has 7 aromatic rings. The third-order valence-corrected chi connectivity index (χ3v) is 10.0. The predicted octanol–water partition coefficient (Wildman–Crippen LogP) is 10.5. The van der Waals surface area contributed by atoms with E-state index in [4.69, 9.17) is 0 Å². The Morgan fingerprint density at radius 3 is 2.16 bits per heavy atom. The van der Waals surface area contributed by atoms with E-state index in [9.17, 15) is 15.8 Å². The van der Waals surface area contributed by atoms with Gasteiger partial charge < -0.3 is 9.47 Å². The minimum Gasteiger partial charge on any atom is -0.333 e. The summed E-state index contributed by atoms with van der Waals surface area (Å²) < 4.78 is 2.03. The van der Waals surface area contributed by atoms with Gasteiger partial charge in [0.15, 0.2) is 0 Å². The Labute approximate surface area is 289 Å². The molecule has 50 heavy (non-hydrogen) atoms. The summed E-state index contributed by atoms with van der Waals surface area (Å²) in [5.74, 6) is 0.308. The van der Waals surface area contributed by atoms with Crippen LogP contribution in [0.5, 0.6) is 0 Å². The van der Waals surface area contributed by atoms with Crippen LogP contribution in [0.25, 0.3) is 49.7 Å². The molecule has 2 unspecified atom stereocenters. The fourth-order valence-corrected chi connectivity index (χ4v) is 7.86. The van der Waals surface area contributed by atoms with Gasteiger partial charge in [0, 0.05) is 33.6 Å². The third-order valence-electron chi connectivity index (χ3n) is 10.0. The number of nitrogens with zero attached hydrogens (tertiary/aromatic N) is 5. The third kappa shape index (κ3) is 4.37. The molecule has 1 aliphatic carbocycles. The first-order chi connectivity index (χ1) is 24.7. The number of hydrogen-bond donors (Lipinski definition) is 0. The normalized spacial score (nSPS) is 15.7. The van der Waals surface area contributed by atoms with Crippen molar-refractivity contribution in [3.05, 3.63) is 174 Å². The molecule has 0 N–H and O–H groups in total. The van der Waals surface area contributed by atoms with E-state index in [1.807, 2.05) is 47.0 Å². The molecule has 2 aliphatic rings. The van der Waals surface area contributed by atoms with E-state index in [-0.39, 0.29) is 6.04 Å². The minimum atomic E-state index is 0.212. The topological polar surface area (TPSA) is 79.5 Å². The molecule has 0 spiro atoms. The van der Waals surface area contributed by atoms with Crippen LogP contribution in [0.3, 0.4) is 0 Å². The zero-order valence-electron chi connectivity index (χ0n) is 26.8. The summed E-state index contributed by atoms with van der Waals surface area (Å²) in [5.41, 5.74) is 11.4. The van der Waals surface area contributed by atoms with Crippen LogP contribution >= 0.6 is 0 Å². The number of allylic oxidation sites excluding steroid dienone is 2. The average molecular weight is 638 g/mol. The Kier molecular flexibility index (Phi) is 6.70. The van der Waals surface area contributed by atoms with Crippen LogP contribution in [0.2, 0.25) is 0 Å². The van der Waals surface area contributed by atoms with Crippen molar-refractivity contribution in [2.24, 2.45) is 0 Å². The molecule has 0 radical (unpaired) electrons. The van der Waals surface area contributed by atoms with Gasteiger partial charge in [-0.25, -0.2) is 0 Å². The monoisotopic (exact) mass is 637 g/mol. The fraction of sp³-hybridized carbons (Fsp3) is 0.0444. The second kappa shape index (κ2) is 11.5. The molecule has 9 rings (SSSR count). The lowest BCUT2D eigenvalue weighted by atomic mass is 9.91. The van der Waals surface area contributed by atoms with Gasteiger partial charge in [-0.15, -0.1) is 0 Å². The fourth-order valence-electron chi connectivity index (χ4n) is 7.86. The first-order valence-electron chi connectivity index (χ1n) is 16.5. The van der Waals surface area contributed by atoms with Crippen LogP contribution in [-0.4, -0.2) is 10.6 Å². The van der Waals surface area contributed by atoms with Gasteiger partial charge in [-0.3, -0.25) is 0 Å². The maximum Gasteiger partial charge on any atom is 0.101 e. The molecule has 6 aromatic carbocycles. The van der Waals surface area contributed by atoms with Crippen LogP contribution in [0.1, 0.15) is 28.2 Å². The molecule has 0 amide bonds. The van der Waals surface area contributed by atoms with Gasteiger partial charge >= 0.3 is 0 Å². The summed E-state index contributed by atoms with van der Waals surface area (Å²) in [6.45, 7) is 0. The summed E-state index contributed by atoms with van der Waals surface area (Å²) in [5, 5.41) is 32.1. The Morgan fingerprint density at radius 2 is 1.30 bits per heavy atom. The van der Waals surface area contributed by atoms with Gasteiger partial charge in [0.1, 0.15) is 12.1 Å². The molecule has 0 fully saturated rings. The number of rotatable bonds is 4. The quantitative estimate of drug-likeness (QED) is 0.192. The van der Waals surface area contributed by atoms with E-state index < -0.39 is 0 Å². The highest BCUT2D eigenvalue weighted by atomic mass is 15.2. The van der Waals surface area contributed by atoms with E-state index in [1.54, 1.807) is 12.1 Å². The number of nitriles is 3. The lowest BCUT2D eigenvalue weighted by molar-refractivity contribution is 0.745. The Bertz CT molecular complexity index is 2720. The Balaban J connectivity index is 1.21. The van der Waals surface area contributed by atoms with Crippen molar-refractivity contribution in [1.29, 1.82) is 15.8 Å². The zero-order valence-corrected chi connectivity index (χ0v) is 26.8. The molecule has 0 saturated carbocycles. The second-order valence-electron chi connectivity index (χ2n) is 12.7. The van der Waals surface area contributed by atoms with Crippen molar-refractivity contribution in [1.82, 2.24) is 4.57 Å². The summed E-state index contributed by atoms with van der Waals surface area (Å²) in [4.78, 5) is 2.44. The number of para-hydroxylation sites is 3. The zero-order chi connectivity index (χ0) is 33.8. The number of aromatic nitrogens is 1. The molecule has 2 atom stereocenters. The molecular weight excluding hydrogens is 611 g/mol. The number of benzene rings is 6. The van der Waals surface area contributed by atoms with Crippen LogP contribution < -0.4 is 4.90 Å². The van der Waals surface area contributed by atoms with E-state index in [0.717, 1.165) is 44.2 Å². The molecule has 232 valence electrons. The smallest absolute Gasteiger partial charge is 0.101 e. The van der Waals surface area contributed by atoms with E-state index in [0.29, 0.717) is 33.8 Å². The van der Waals surface area contributed by atoms with Crippen LogP contribution in [0, 0.1) is 34.0 Å². The molecule has 2 heterocycles. The maximum absolute atomic E-state index is 10.5. The second-order valence-corrected chi connectivity index (χ2v) is 12.7. The summed E-state index contributed by atoms with van der Waals surface area (Å²) >= 11 is 0. The maximum atomic E-state index is 10.5. The highest BCUT2D eigenvalue weighted by Crippen LogP contribution is 2.48. The molecule has 1 aliphatic heterocycles. The molecule has 1 aromatic heterocycles. The summed E-state index contributed by atoms with van der Waals surface area (Å²) in [6, 6.07) is 50.0. The lowest BCUT2D eigenvalue weighted by Crippen LogP contribution is -2.28. The van der Waals surface area contributed by atoms with E-state index >= 15 is 0 Å². The number of hydrogen-bond acceptors (Lipinski definition) is 4. The largest absolute Gasteiger partial charge is 0.333 e. The van der Waals surface area contributed by atoms with Gasteiger partial charge in [-0.2, -0.15) is 15.8 Å². The molecule has 5 nitrogen and oxygen atoms in total. The van der Waals surface area contributed by atoms with Gasteiger partial charge in [0.25, 0.3) is 0 Å². The molecule has 5 heteroatoms. The first kappa shape index (κ1) is 29.0. The van der Waals surface area contributed by atoms with Gasteiger partial charge in [-0.1, -0.05) is 97.1 Å². The highest BCUT2D eigenvalue weighted by Gasteiger charge is 2.37. The lowest BCUT2D eigenvalue weighted by Gasteiger charge is -2.29. The predicted molar refractivity (Wildman–Crippen MR) is 199 cm³/mol. The molecule has 0 saturated heterocycles. The minimum absolute atomic E-state index is 0.212. The Hall–Kier alpha value is -7.13. The number of anilines is 2. The van der Waals surface area contributed by atoms with Crippen molar-refractivity contribution >= 4 is 33.2 Å². The van der Waals surface area contributed by atoms with Crippen LogP contribution in [-0.2, 0) is 0 Å². The van der Waals surface area contributed by atoms with E-state index in [1.165, 1.54) is 11.3 Å². The van der Waals surface area contributed by atoms with Gasteiger partial charge in [-0.05, 0) is 76.9 Å². The van der Waals surface area contributed by atoms with E-state index in [2.05, 4.69) is 120 Å². The van der Waals surface area contributed by atoms with Crippen molar-refractivity contribution in [2.75, 3.05) is 4.90 Å². The summed E-state index contributed by atoms with van der Waals surface area (Å²) in [7, 11) is 0. The number of fused-ring (bicyclic) bond motifs is 6. The van der Waals surface area contributed by atoms with Gasteiger partial charge in [0.2, 0.25) is 0 Å². The standard InChI is InChI=1S/C45H27N5/c46-26-29-21-22-43-40(23-29)39-18-8-13-34(28-48)45(39)50(43)44-33(27-47)12-7-17-36(44)32-11-5-9-30(24-32)31-10-6-14-35(25-31)49-41-19-3-1-15-37(41)38-16-2-4-20-42(38)49/h1-25,37,41H. The SMILES string of the molecule is N#Cc1ccc2c(c1)c1cccc(C#N)c1n2-c1c(C#N)cccc1-c1cccc(-c2cccc(N3c4ccccc4C4C=CC=CC43)c2)c1. The molecular formula is C45H27N5. The van der Waals surface area contributed by atoms with Gasteiger partial charge in [0.05, 0.1) is 45.5 Å². The van der Waals surface area contributed by atoms with Crippen LogP contribution in [0.15, 0.2) is 152 Å². The van der Waals surface area contributed by atoms with Crippen molar-refractivity contribution < 1.29 is 0 Å². The molecule has 0 bridgehead atoms. The first-order valence-corrected chi connectivity index (χ1v) is 16.5. The van der Waals surface area contributed by atoms with Crippen molar-refractivity contribution in [2.45, 2.75) is 12.0 Å².